The number of carbonyl (C=O) groups excluding carboxylic acids is 1. The number of hydrogen-bond donors (Lipinski definition) is 2. The van der Waals surface area contributed by atoms with Crippen molar-refractivity contribution in [2.45, 2.75) is 27.7 Å². The highest BCUT2D eigenvalue weighted by atomic mass is 16.5. The summed E-state index contributed by atoms with van der Waals surface area (Å²) in [6.45, 7) is 8.11. The molecule has 5 heteroatoms. The van der Waals surface area contributed by atoms with E-state index in [-0.39, 0.29) is 5.92 Å². The molecule has 2 atom stereocenters. The topological polar surface area (TPSA) is 75.6 Å². The molecule has 2 unspecified atom stereocenters. The lowest BCUT2D eigenvalue weighted by Gasteiger charge is -2.26. The Labute approximate surface area is 103 Å². The molecule has 2 N–H and O–H groups in total. The molecule has 0 fully saturated rings. The number of amides is 1. The Hall–Kier alpha value is -1.10. The largest absolute Gasteiger partial charge is 0.481 e. The van der Waals surface area contributed by atoms with Gasteiger partial charge in [-0.15, -0.1) is 0 Å². The first-order valence-electron chi connectivity index (χ1n) is 5.69. The van der Waals surface area contributed by atoms with Gasteiger partial charge in [0.25, 0.3) is 0 Å². The molecule has 0 aliphatic rings. The van der Waals surface area contributed by atoms with Gasteiger partial charge in [-0.3, -0.25) is 9.59 Å². The molecule has 0 saturated carbocycles. The summed E-state index contributed by atoms with van der Waals surface area (Å²) in [6.07, 6.45) is 0. The number of carbonyl (C=O) groups is 2. The zero-order valence-corrected chi connectivity index (χ0v) is 11.2. The van der Waals surface area contributed by atoms with Gasteiger partial charge in [0.05, 0.1) is 6.61 Å². The van der Waals surface area contributed by atoms with Crippen LogP contribution in [0, 0.1) is 17.3 Å². The van der Waals surface area contributed by atoms with Crippen LogP contribution in [0.3, 0.4) is 0 Å². The minimum atomic E-state index is -1.09. The fourth-order valence-corrected chi connectivity index (χ4v) is 1.60. The lowest BCUT2D eigenvalue weighted by molar-refractivity contribution is -0.151. The highest BCUT2D eigenvalue weighted by molar-refractivity contribution is 5.97. The molecule has 0 saturated heterocycles. The van der Waals surface area contributed by atoms with Gasteiger partial charge in [0.2, 0.25) is 5.91 Å². The molecule has 0 aromatic carbocycles. The molecule has 5 nitrogen and oxygen atoms in total. The number of hydrogen-bond acceptors (Lipinski definition) is 3. The van der Waals surface area contributed by atoms with E-state index in [0.29, 0.717) is 13.2 Å². The van der Waals surface area contributed by atoms with Crippen molar-refractivity contribution in [1.82, 2.24) is 5.32 Å². The molecule has 0 bridgehead atoms. The van der Waals surface area contributed by atoms with E-state index in [1.807, 2.05) is 6.92 Å². The maximum atomic E-state index is 11.8. The van der Waals surface area contributed by atoms with Crippen LogP contribution >= 0.6 is 0 Å². The van der Waals surface area contributed by atoms with Gasteiger partial charge in [-0.2, -0.15) is 0 Å². The molecule has 1 amide bonds. The molecule has 17 heavy (non-hydrogen) atoms. The molecule has 100 valence electrons. The van der Waals surface area contributed by atoms with Crippen LogP contribution in [0.1, 0.15) is 27.7 Å². The van der Waals surface area contributed by atoms with Crippen molar-refractivity contribution in [2.24, 2.45) is 17.3 Å². The molecular formula is C12H23NO4. The van der Waals surface area contributed by atoms with Crippen molar-refractivity contribution < 1.29 is 19.4 Å². The molecule has 0 radical (unpaired) electrons. The average Bonchev–Trinajstić information content (AvgIpc) is 2.12. The maximum Gasteiger partial charge on any atom is 0.316 e. The zero-order chi connectivity index (χ0) is 13.6. The van der Waals surface area contributed by atoms with E-state index >= 15 is 0 Å². The van der Waals surface area contributed by atoms with Crippen molar-refractivity contribution in [3.05, 3.63) is 0 Å². The summed E-state index contributed by atoms with van der Waals surface area (Å²) in [4.78, 5) is 22.9. The van der Waals surface area contributed by atoms with Gasteiger partial charge in [-0.25, -0.2) is 0 Å². The molecule has 0 aromatic heterocycles. The summed E-state index contributed by atoms with van der Waals surface area (Å²) in [6, 6.07) is 0. The Morgan fingerprint density at radius 2 is 1.88 bits per heavy atom. The number of carboxylic acid groups (broad SMARTS) is 1. The number of rotatable bonds is 6. The minimum absolute atomic E-state index is 0.165. The quantitative estimate of drug-likeness (QED) is 0.688. The Bertz CT molecular complexity index is 270. The van der Waals surface area contributed by atoms with E-state index < -0.39 is 23.2 Å². The van der Waals surface area contributed by atoms with Crippen molar-refractivity contribution >= 4 is 11.9 Å². The second-order valence-electron chi connectivity index (χ2n) is 5.44. The van der Waals surface area contributed by atoms with Gasteiger partial charge in [-0.1, -0.05) is 27.7 Å². The summed E-state index contributed by atoms with van der Waals surface area (Å²) in [5.74, 6) is -2.39. The zero-order valence-electron chi connectivity index (χ0n) is 11.2. The third kappa shape index (κ3) is 5.68. The number of methoxy groups -OCH3 is 1. The van der Waals surface area contributed by atoms with Gasteiger partial charge in [0.15, 0.2) is 0 Å². The normalized spacial score (nSPS) is 15.1. The van der Waals surface area contributed by atoms with Crippen LogP contribution < -0.4 is 5.32 Å². The predicted octanol–water partition coefficient (Wildman–Crippen LogP) is 1.13. The molecule has 0 rings (SSSR count). The van der Waals surface area contributed by atoms with Crippen molar-refractivity contribution in [1.29, 1.82) is 0 Å². The molecule has 0 aromatic rings. The van der Waals surface area contributed by atoms with E-state index in [1.54, 1.807) is 27.9 Å². The standard InChI is InChI=1S/C12H23NO4/c1-8(7-17-5)6-13-10(14)9(11(15)16)12(2,3)4/h8-9H,6-7H2,1-5H3,(H,13,14)(H,15,16). The third-order valence-electron chi connectivity index (χ3n) is 2.45. The molecule has 0 aliphatic carbocycles. The van der Waals surface area contributed by atoms with Crippen LogP contribution in [0.25, 0.3) is 0 Å². The van der Waals surface area contributed by atoms with Crippen LogP contribution in [0.4, 0.5) is 0 Å². The average molecular weight is 245 g/mol. The lowest BCUT2D eigenvalue weighted by Crippen LogP contribution is -2.44. The number of carboxylic acids is 1. The van der Waals surface area contributed by atoms with Gasteiger partial charge in [0.1, 0.15) is 5.92 Å². The third-order valence-corrected chi connectivity index (χ3v) is 2.45. The lowest BCUT2D eigenvalue weighted by atomic mass is 9.80. The monoisotopic (exact) mass is 245 g/mol. The first-order valence-corrected chi connectivity index (χ1v) is 5.69. The fourth-order valence-electron chi connectivity index (χ4n) is 1.60. The van der Waals surface area contributed by atoms with Crippen molar-refractivity contribution in [2.75, 3.05) is 20.3 Å². The summed E-state index contributed by atoms with van der Waals surface area (Å²) in [5, 5.41) is 11.7. The molecule has 0 spiro atoms. The first kappa shape index (κ1) is 15.9. The van der Waals surface area contributed by atoms with Crippen molar-refractivity contribution in [3.63, 3.8) is 0 Å². The van der Waals surface area contributed by atoms with Gasteiger partial charge in [0, 0.05) is 13.7 Å². The Kier molecular flexibility index (Phi) is 6.16. The van der Waals surface area contributed by atoms with Gasteiger partial charge in [-0.05, 0) is 11.3 Å². The summed E-state index contributed by atoms with van der Waals surface area (Å²) < 4.78 is 4.94. The van der Waals surface area contributed by atoms with Crippen molar-refractivity contribution in [3.8, 4) is 0 Å². The molecular weight excluding hydrogens is 222 g/mol. The van der Waals surface area contributed by atoms with Crippen LogP contribution in [0.2, 0.25) is 0 Å². The predicted molar refractivity (Wildman–Crippen MR) is 64.6 cm³/mol. The Balaban J connectivity index is 4.41. The van der Waals surface area contributed by atoms with Crippen LogP contribution in [-0.2, 0) is 14.3 Å². The minimum Gasteiger partial charge on any atom is -0.481 e. The van der Waals surface area contributed by atoms with E-state index in [9.17, 15) is 9.59 Å². The first-order chi connectivity index (χ1) is 7.70. The van der Waals surface area contributed by atoms with E-state index in [4.69, 9.17) is 9.84 Å². The number of nitrogens with one attached hydrogen (secondary N) is 1. The summed E-state index contributed by atoms with van der Waals surface area (Å²) >= 11 is 0. The van der Waals surface area contributed by atoms with E-state index in [1.165, 1.54) is 0 Å². The summed E-state index contributed by atoms with van der Waals surface area (Å²) in [5.41, 5.74) is -0.597. The smallest absolute Gasteiger partial charge is 0.316 e. The van der Waals surface area contributed by atoms with Crippen LogP contribution in [0.5, 0.6) is 0 Å². The van der Waals surface area contributed by atoms with Crippen LogP contribution in [0.15, 0.2) is 0 Å². The Morgan fingerprint density at radius 3 is 2.24 bits per heavy atom. The second kappa shape index (κ2) is 6.59. The number of ether oxygens (including phenoxy) is 1. The molecule has 0 aliphatic heterocycles. The highest BCUT2D eigenvalue weighted by Crippen LogP contribution is 2.26. The maximum absolute atomic E-state index is 11.8. The van der Waals surface area contributed by atoms with E-state index in [2.05, 4.69) is 5.32 Å². The number of aliphatic carboxylic acids is 1. The van der Waals surface area contributed by atoms with Gasteiger partial charge < -0.3 is 15.2 Å². The van der Waals surface area contributed by atoms with E-state index in [0.717, 1.165) is 0 Å². The Morgan fingerprint density at radius 1 is 1.35 bits per heavy atom. The van der Waals surface area contributed by atoms with Gasteiger partial charge >= 0.3 is 5.97 Å². The second-order valence-corrected chi connectivity index (χ2v) is 5.44. The summed E-state index contributed by atoms with van der Waals surface area (Å²) in [7, 11) is 1.59. The highest BCUT2D eigenvalue weighted by Gasteiger charge is 2.37. The SMILES string of the molecule is COCC(C)CNC(=O)C(C(=O)O)C(C)(C)C. The molecule has 0 heterocycles. The van der Waals surface area contributed by atoms with Crippen LogP contribution in [-0.4, -0.2) is 37.2 Å². The fraction of sp³-hybridized carbons (Fsp3) is 0.833.